The molecule has 1 amide bonds. The Labute approximate surface area is 131 Å². The van der Waals surface area contributed by atoms with Gasteiger partial charge in [0.15, 0.2) is 5.16 Å². The minimum absolute atomic E-state index is 0.126. The van der Waals surface area contributed by atoms with Gasteiger partial charge in [0, 0.05) is 23.3 Å². The molecule has 1 aromatic carbocycles. The highest BCUT2D eigenvalue weighted by molar-refractivity contribution is 7.99. The van der Waals surface area contributed by atoms with Crippen molar-refractivity contribution in [2.24, 2.45) is 0 Å². The number of carbonyl (C=O) groups is 1. The van der Waals surface area contributed by atoms with Gasteiger partial charge in [-0.3, -0.25) is 9.59 Å². The van der Waals surface area contributed by atoms with Gasteiger partial charge in [0.25, 0.3) is 5.56 Å². The van der Waals surface area contributed by atoms with Gasteiger partial charge in [0.05, 0.1) is 5.75 Å². The number of halogens is 1. The van der Waals surface area contributed by atoms with Crippen molar-refractivity contribution in [2.45, 2.75) is 18.6 Å². The van der Waals surface area contributed by atoms with E-state index in [-0.39, 0.29) is 17.2 Å². The molecule has 0 unspecified atom stereocenters. The van der Waals surface area contributed by atoms with E-state index in [9.17, 15) is 9.59 Å². The van der Waals surface area contributed by atoms with Crippen LogP contribution in [0, 0.1) is 6.92 Å². The lowest BCUT2D eigenvalue weighted by atomic mass is 10.2. The van der Waals surface area contributed by atoms with E-state index in [2.05, 4.69) is 15.3 Å². The highest BCUT2D eigenvalue weighted by Gasteiger charge is 2.05. The largest absolute Gasteiger partial charge is 0.351 e. The maximum absolute atomic E-state index is 11.7. The fourth-order valence-corrected chi connectivity index (χ4v) is 2.48. The van der Waals surface area contributed by atoms with E-state index in [0.717, 1.165) is 5.56 Å². The van der Waals surface area contributed by atoms with Crippen LogP contribution in [0.25, 0.3) is 0 Å². The van der Waals surface area contributed by atoms with Gasteiger partial charge in [-0.15, -0.1) is 0 Å². The van der Waals surface area contributed by atoms with Crippen molar-refractivity contribution in [3.8, 4) is 0 Å². The summed E-state index contributed by atoms with van der Waals surface area (Å²) in [5, 5.41) is 3.90. The van der Waals surface area contributed by atoms with Gasteiger partial charge in [-0.25, -0.2) is 4.98 Å². The van der Waals surface area contributed by atoms with Gasteiger partial charge in [-0.05, 0) is 24.6 Å². The number of amides is 1. The first-order valence-corrected chi connectivity index (χ1v) is 7.61. The lowest BCUT2D eigenvalue weighted by molar-refractivity contribution is -0.118. The van der Waals surface area contributed by atoms with E-state index in [1.165, 1.54) is 17.8 Å². The van der Waals surface area contributed by atoms with Gasteiger partial charge < -0.3 is 10.3 Å². The molecule has 0 saturated carbocycles. The summed E-state index contributed by atoms with van der Waals surface area (Å²) < 4.78 is 0. The Kier molecular flexibility index (Phi) is 5.41. The van der Waals surface area contributed by atoms with Crippen molar-refractivity contribution in [2.75, 3.05) is 5.75 Å². The second kappa shape index (κ2) is 7.28. The molecular formula is C14H14ClN3O2S. The molecule has 7 heteroatoms. The summed E-state index contributed by atoms with van der Waals surface area (Å²) >= 11 is 6.99. The third kappa shape index (κ3) is 5.24. The number of thioether (sulfide) groups is 1. The first kappa shape index (κ1) is 15.6. The Bertz CT molecular complexity index is 685. The van der Waals surface area contributed by atoms with Gasteiger partial charge in [-0.1, -0.05) is 35.5 Å². The van der Waals surface area contributed by atoms with Crippen LogP contribution < -0.4 is 10.9 Å². The summed E-state index contributed by atoms with van der Waals surface area (Å²) in [7, 11) is 0. The minimum atomic E-state index is -0.216. The molecule has 0 atom stereocenters. The summed E-state index contributed by atoms with van der Waals surface area (Å²) in [5.74, 6) is 0.0686. The van der Waals surface area contributed by atoms with E-state index in [1.807, 2.05) is 12.1 Å². The predicted octanol–water partition coefficient (Wildman–Crippen LogP) is 2.14. The van der Waals surface area contributed by atoms with Crippen LogP contribution in [0.5, 0.6) is 0 Å². The molecule has 0 aliphatic heterocycles. The molecule has 2 aromatic rings. The fourth-order valence-electron chi connectivity index (χ4n) is 1.61. The maximum Gasteiger partial charge on any atom is 0.251 e. The highest BCUT2D eigenvalue weighted by atomic mass is 35.5. The smallest absolute Gasteiger partial charge is 0.251 e. The molecule has 1 aromatic heterocycles. The molecule has 0 aliphatic rings. The van der Waals surface area contributed by atoms with E-state index < -0.39 is 0 Å². The molecule has 2 N–H and O–H groups in total. The van der Waals surface area contributed by atoms with E-state index in [4.69, 9.17) is 11.6 Å². The molecule has 0 saturated heterocycles. The molecule has 21 heavy (non-hydrogen) atoms. The van der Waals surface area contributed by atoms with E-state index in [1.54, 1.807) is 19.1 Å². The standard InChI is InChI=1S/C14H14ClN3O2S/c1-9-6-12(19)18-14(17-9)21-8-13(20)16-7-10-2-4-11(15)5-3-10/h2-6H,7-8H2,1H3,(H,16,20)(H,17,18,19). The Morgan fingerprint density at radius 3 is 2.76 bits per heavy atom. The summed E-state index contributed by atoms with van der Waals surface area (Å²) in [6.45, 7) is 2.17. The third-order valence-corrected chi connectivity index (χ3v) is 3.72. The quantitative estimate of drug-likeness (QED) is 0.653. The second-order valence-electron chi connectivity index (χ2n) is 4.38. The number of hydrogen-bond acceptors (Lipinski definition) is 4. The normalized spacial score (nSPS) is 10.4. The fraction of sp³-hybridized carbons (Fsp3) is 0.214. The molecule has 2 rings (SSSR count). The number of benzene rings is 1. The summed E-state index contributed by atoms with van der Waals surface area (Å²) in [5.41, 5.74) is 1.38. The molecule has 0 radical (unpaired) electrons. The number of aryl methyl sites for hydroxylation is 1. The van der Waals surface area contributed by atoms with Gasteiger partial charge in [0.2, 0.25) is 5.91 Å². The van der Waals surface area contributed by atoms with Crippen LogP contribution >= 0.6 is 23.4 Å². The molecule has 0 fully saturated rings. The van der Waals surface area contributed by atoms with Gasteiger partial charge in [-0.2, -0.15) is 0 Å². The average Bonchev–Trinajstić information content (AvgIpc) is 2.43. The second-order valence-corrected chi connectivity index (χ2v) is 5.78. The van der Waals surface area contributed by atoms with E-state index in [0.29, 0.717) is 22.4 Å². The SMILES string of the molecule is Cc1cc(=O)[nH]c(SCC(=O)NCc2ccc(Cl)cc2)n1. The minimum Gasteiger partial charge on any atom is -0.351 e. The van der Waals surface area contributed by atoms with Crippen molar-refractivity contribution < 1.29 is 4.79 Å². The molecule has 5 nitrogen and oxygen atoms in total. The number of carbonyl (C=O) groups excluding carboxylic acids is 1. The lowest BCUT2D eigenvalue weighted by Gasteiger charge is -2.05. The molecule has 0 aliphatic carbocycles. The summed E-state index contributed by atoms with van der Waals surface area (Å²) in [6.07, 6.45) is 0. The number of rotatable bonds is 5. The number of nitrogens with zero attached hydrogens (tertiary/aromatic N) is 1. The number of aromatic amines is 1. The van der Waals surface area contributed by atoms with Crippen molar-refractivity contribution in [3.63, 3.8) is 0 Å². The molecular weight excluding hydrogens is 310 g/mol. The first-order chi connectivity index (χ1) is 10.0. The van der Waals surface area contributed by atoms with Gasteiger partial charge in [0.1, 0.15) is 0 Å². The first-order valence-electron chi connectivity index (χ1n) is 6.25. The topological polar surface area (TPSA) is 74.8 Å². The number of nitrogens with one attached hydrogen (secondary N) is 2. The summed E-state index contributed by atoms with van der Waals surface area (Å²) in [6, 6.07) is 8.67. The lowest BCUT2D eigenvalue weighted by Crippen LogP contribution is -2.24. The predicted molar refractivity (Wildman–Crippen MR) is 83.6 cm³/mol. The Balaban J connectivity index is 1.82. The van der Waals surface area contributed by atoms with Crippen molar-refractivity contribution in [1.29, 1.82) is 0 Å². The summed E-state index contributed by atoms with van der Waals surface area (Å²) in [4.78, 5) is 29.8. The van der Waals surface area contributed by atoms with Crippen LogP contribution in [0.15, 0.2) is 40.3 Å². The van der Waals surface area contributed by atoms with Gasteiger partial charge >= 0.3 is 0 Å². The maximum atomic E-state index is 11.7. The molecule has 0 spiro atoms. The Hall–Kier alpha value is -1.79. The number of H-pyrrole nitrogens is 1. The molecule has 1 heterocycles. The zero-order valence-corrected chi connectivity index (χ0v) is 12.9. The monoisotopic (exact) mass is 323 g/mol. The average molecular weight is 324 g/mol. The van der Waals surface area contributed by atoms with Crippen LogP contribution in [0.3, 0.4) is 0 Å². The van der Waals surface area contributed by atoms with Crippen LogP contribution in [0.1, 0.15) is 11.3 Å². The highest BCUT2D eigenvalue weighted by Crippen LogP contribution is 2.11. The van der Waals surface area contributed by atoms with E-state index >= 15 is 0 Å². The zero-order chi connectivity index (χ0) is 15.2. The Morgan fingerprint density at radius 1 is 1.38 bits per heavy atom. The number of hydrogen-bond donors (Lipinski definition) is 2. The number of aromatic nitrogens is 2. The molecule has 0 bridgehead atoms. The van der Waals surface area contributed by atoms with Crippen LogP contribution in [-0.4, -0.2) is 21.6 Å². The van der Waals surface area contributed by atoms with Crippen LogP contribution in [-0.2, 0) is 11.3 Å². The molecule has 110 valence electrons. The zero-order valence-electron chi connectivity index (χ0n) is 11.4. The Morgan fingerprint density at radius 2 is 2.10 bits per heavy atom. The van der Waals surface area contributed by atoms with Crippen molar-refractivity contribution in [3.05, 3.63) is 57.0 Å². The van der Waals surface area contributed by atoms with Crippen LogP contribution in [0.2, 0.25) is 5.02 Å². The third-order valence-electron chi connectivity index (χ3n) is 2.59. The van der Waals surface area contributed by atoms with Crippen molar-refractivity contribution in [1.82, 2.24) is 15.3 Å². The van der Waals surface area contributed by atoms with Crippen LogP contribution in [0.4, 0.5) is 0 Å². The van der Waals surface area contributed by atoms with Crippen molar-refractivity contribution >= 4 is 29.3 Å².